The molecule has 0 radical (unpaired) electrons. The number of amides is 1. The Balaban J connectivity index is 1.55. The maximum atomic E-state index is 13.3. The highest BCUT2D eigenvalue weighted by Crippen LogP contribution is 2.33. The van der Waals surface area contributed by atoms with Crippen molar-refractivity contribution in [3.63, 3.8) is 0 Å². The average Bonchev–Trinajstić information content (AvgIpc) is 2.85. The minimum atomic E-state index is -1.59. The van der Waals surface area contributed by atoms with E-state index in [1.165, 1.54) is 7.11 Å². The molecule has 2 aromatic carbocycles. The van der Waals surface area contributed by atoms with Crippen LogP contribution in [0.25, 0.3) is 0 Å². The number of pyridine rings is 1. The van der Waals surface area contributed by atoms with Gasteiger partial charge < -0.3 is 10.1 Å². The Kier molecular flexibility index (Phi) is 7.21. The number of halogens is 2. The van der Waals surface area contributed by atoms with Gasteiger partial charge in [-0.3, -0.25) is 13.9 Å². The highest BCUT2D eigenvalue weighted by Gasteiger charge is 2.37. The maximum absolute atomic E-state index is 13.3. The molecule has 0 fully saturated rings. The fourth-order valence-corrected chi connectivity index (χ4v) is 5.40. The summed E-state index contributed by atoms with van der Waals surface area (Å²) in [5.74, 6) is -0.164. The summed E-state index contributed by atoms with van der Waals surface area (Å²) < 4.78 is 19.7. The van der Waals surface area contributed by atoms with Crippen LogP contribution in [0, 0.1) is 0 Å². The fourth-order valence-electron chi connectivity index (χ4n) is 3.70. The van der Waals surface area contributed by atoms with Crippen LogP contribution in [0.4, 0.5) is 5.69 Å². The predicted molar refractivity (Wildman–Crippen MR) is 133 cm³/mol. The summed E-state index contributed by atoms with van der Waals surface area (Å²) in [6, 6.07) is 13.4. The van der Waals surface area contributed by atoms with Crippen molar-refractivity contribution in [3.8, 4) is 5.88 Å². The summed E-state index contributed by atoms with van der Waals surface area (Å²) in [6.45, 7) is 0.270. The number of fused-ring (bicyclic) bond motifs is 1. The van der Waals surface area contributed by atoms with Crippen molar-refractivity contribution in [1.29, 1.82) is 0 Å². The molecule has 0 aliphatic carbocycles. The minimum absolute atomic E-state index is 0.229. The molecule has 1 aliphatic heterocycles. The SMILES string of the molecule is COc1cc(CNC(=O)c2ccc3c(c2)C(=O)C(Cc2ccc(Cl)c(Cl)c2)S(=O)N3C)ccn1. The number of anilines is 1. The first-order valence-electron chi connectivity index (χ1n) is 10.3. The van der Waals surface area contributed by atoms with Crippen molar-refractivity contribution in [2.75, 3.05) is 18.5 Å². The van der Waals surface area contributed by atoms with Crippen LogP contribution in [0.3, 0.4) is 0 Å². The molecule has 3 aromatic rings. The van der Waals surface area contributed by atoms with Gasteiger partial charge in [-0.2, -0.15) is 0 Å². The summed E-state index contributed by atoms with van der Waals surface area (Å²) in [5, 5.41) is 2.80. The van der Waals surface area contributed by atoms with Crippen LogP contribution in [0.1, 0.15) is 31.8 Å². The summed E-state index contributed by atoms with van der Waals surface area (Å²) in [5.41, 5.74) is 2.78. The lowest BCUT2D eigenvalue weighted by atomic mass is 9.98. The van der Waals surface area contributed by atoms with Crippen LogP contribution in [0.15, 0.2) is 54.7 Å². The third kappa shape index (κ3) is 4.94. The van der Waals surface area contributed by atoms with Crippen molar-refractivity contribution in [2.45, 2.75) is 18.2 Å². The molecule has 34 heavy (non-hydrogen) atoms. The first-order valence-corrected chi connectivity index (χ1v) is 12.2. The molecule has 1 amide bonds. The molecule has 2 unspecified atom stereocenters. The second-order valence-electron chi connectivity index (χ2n) is 7.70. The zero-order chi connectivity index (χ0) is 24.4. The number of aromatic nitrogens is 1. The van der Waals surface area contributed by atoms with Crippen molar-refractivity contribution >= 4 is 51.6 Å². The molecule has 176 valence electrons. The lowest BCUT2D eigenvalue weighted by Gasteiger charge is -2.31. The second kappa shape index (κ2) is 10.1. The van der Waals surface area contributed by atoms with Gasteiger partial charge in [-0.15, -0.1) is 0 Å². The Hall–Kier alpha value is -2.94. The van der Waals surface area contributed by atoms with Crippen molar-refractivity contribution in [2.24, 2.45) is 0 Å². The minimum Gasteiger partial charge on any atom is -0.481 e. The van der Waals surface area contributed by atoms with Gasteiger partial charge in [0.25, 0.3) is 5.91 Å². The van der Waals surface area contributed by atoms with Gasteiger partial charge in [-0.05, 0) is 53.9 Å². The van der Waals surface area contributed by atoms with Gasteiger partial charge >= 0.3 is 0 Å². The Morgan fingerprint density at radius 3 is 2.65 bits per heavy atom. The topological polar surface area (TPSA) is 88.6 Å². The van der Waals surface area contributed by atoms with Gasteiger partial charge in [0.05, 0.1) is 22.8 Å². The highest BCUT2D eigenvalue weighted by molar-refractivity contribution is 7.88. The lowest BCUT2D eigenvalue weighted by Crippen LogP contribution is -2.42. The number of nitrogens with one attached hydrogen (secondary N) is 1. The Labute approximate surface area is 209 Å². The zero-order valence-electron chi connectivity index (χ0n) is 18.4. The molecule has 10 heteroatoms. The number of nitrogens with zero attached hydrogens (tertiary/aromatic N) is 2. The first-order chi connectivity index (χ1) is 16.3. The zero-order valence-corrected chi connectivity index (χ0v) is 20.7. The van der Waals surface area contributed by atoms with E-state index in [4.69, 9.17) is 27.9 Å². The number of Topliss-reactive ketones (excluding diaryl/α,β-unsaturated/α-hetero) is 1. The van der Waals surface area contributed by atoms with E-state index in [2.05, 4.69) is 10.3 Å². The van der Waals surface area contributed by atoms with Crippen LogP contribution in [-0.2, 0) is 24.0 Å². The van der Waals surface area contributed by atoms with Gasteiger partial charge in [-0.1, -0.05) is 29.3 Å². The third-order valence-corrected chi connectivity index (χ3v) is 7.88. The number of carbonyl (C=O) groups excluding carboxylic acids is 2. The Morgan fingerprint density at radius 2 is 1.91 bits per heavy atom. The third-order valence-electron chi connectivity index (χ3n) is 5.54. The summed E-state index contributed by atoms with van der Waals surface area (Å²) in [7, 11) is 1.60. The number of ketones is 1. The maximum Gasteiger partial charge on any atom is 0.251 e. The Morgan fingerprint density at radius 1 is 1.12 bits per heavy atom. The van der Waals surface area contributed by atoms with E-state index in [1.54, 1.807) is 66.1 Å². The number of carbonyl (C=O) groups is 2. The van der Waals surface area contributed by atoms with Gasteiger partial charge in [-0.25, -0.2) is 9.19 Å². The average molecular weight is 518 g/mol. The monoisotopic (exact) mass is 517 g/mol. The highest BCUT2D eigenvalue weighted by atomic mass is 35.5. The number of methoxy groups -OCH3 is 1. The standard InChI is InChI=1S/C24H21Cl2N3O4S/c1-29-20-6-4-16(24(31)28-13-15-7-8-27-22(11-15)33-2)12-17(20)23(30)21(34(29)32)10-14-3-5-18(25)19(26)9-14/h3-9,11-12,21H,10,13H2,1-2H3,(H,28,31). The molecule has 0 saturated heterocycles. The summed E-state index contributed by atoms with van der Waals surface area (Å²) >= 11 is 12.1. The molecular formula is C24H21Cl2N3O4S. The van der Waals surface area contributed by atoms with Crippen LogP contribution >= 0.6 is 23.2 Å². The number of benzene rings is 2. The molecule has 2 atom stereocenters. The summed E-state index contributed by atoms with van der Waals surface area (Å²) in [6.07, 6.45) is 1.83. The number of hydrogen-bond donors (Lipinski definition) is 1. The molecule has 2 heterocycles. The smallest absolute Gasteiger partial charge is 0.251 e. The predicted octanol–water partition coefficient (Wildman–Crippen LogP) is 4.23. The largest absolute Gasteiger partial charge is 0.481 e. The molecular weight excluding hydrogens is 497 g/mol. The molecule has 0 saturated carbocycles. The van der Waals surface area contributed by atoms with E-state index in [0.29, 0.717) is 32.7 Å². The van der Waals surface area contributed by atoms with Crippen molar-refractivity contribution in [1.82, 2.24) is 10.3 Å². The number of hydrogen-bond acceptors (Lipinski definition) is 5. The quantitative estimate of drug-likeness (QED) is 0.528. The lowest BCUT2D eigenvalue weighted by molar-refractivity contribution is 0.0951. The normalized spacial score (nSPS) is 17.3. The summed E-state index contributed by atoms with van der Waals surface area (Å²) in [4.78, 5) is 30.1. The number of rotatable bonds is 6. The van der Waals surface area contributed by atoms with Gasteiger partial charge in [0.1, 0.15) is 16.2 Å². The van der Waals surface area contributed by atoms with Crippen LogP contribution < -0.4 is 14.4 Å². The second-order valence-corrected chi connectivity index (χ2v) is 10.2. The van der Waals surface area contributed by atoms with Crippen LogP contribution in [0.5, 0.6) is 5.88 Å². The van der Waals surface area contributed by atoms with E-state index in [9.17, 15) is 13.8 Å². The van der Waals surface area contributed by atoms with E-state index in [-0.39, 0.29) is 24.7 Å². The van der Waals surface area contributed by atoms with Crippen LogP contribution in [0.2, 0.25) is 10.0 Å². The molecule has 7 nitrogen and oxygen atoms in total. The Bertz CT molecular complexity index is 1300. The van der Waals surface area contributed by atoms with Crippen LogP contribution in [-0.4, -0.2) is 40.3 Å². The molecule has 4 rings (SSSR count). The molecule has 0 spiro atoms. The molecule has 1 N–H and O–H groups in total. The van der Waals surface area contributed by atoms with Gasteiger partial charge in [0, 0.05) is 37.0 Å². The van der Waals surface area contributed by atoms with E-state index in [0.717, 1.165) is 11.1 Å². The van der Waals surface area contributed by atoms with E-state index in [1.807, 2.05) is 0 Å². The molecule has 0 bridgehead atoms. The van der Waals surface area contributed by atoms with Crippen molar-refractivity contribution in [3.05, 3.63) is 87.0 Å². The number of ether oxygens (including phenoxy) is 1. The van der Waals surface area contributed by atoms with Gasteiger partial charge in [0.15, 0.2) is 5.78 Å². The van der Waals surface area contributed by atoms with Crippen molar-refractivity contribution < 1.29 is 18.5 Å². The molecule has 1 aromatic heterocycles. The first kappa shape index (κ1) is 24.2. The fraction of sp³-hybridized carbons (Fsp3) is 0.208. The van der Waals surface area contributed by atoms with E-state index >= 15 is 0 Å². The van der Waals surface area contributed by atoms with E-state index < -0.39 is 16.2 Å². The van der Waals surface area contributed by atoms with Gasteiger partial charge in [0.2, 0.25) is 5.88 Å². The molecule has 1 aliphatic rings.